The predicted octanol–water partition coefficient (Wildman–Crippen LogP) is 2.78. The van der Waals surface area contributed by atoms with E-state index < -0.39 is 11.2 Å². The molecule has 3 heterocycles. The number of H-pyrrole nitrogens is 1. The quantitative estimate of drug-likeness (QED) is 0.599. The van der Waals surface area contributed by atoms with Crippen LogP contribution in [0.3, 0.4) is 0 Å². The first-order valence-corrected chi connectivity index (χ1v) is 11.5. The molecule has 34 heavy (non-hydrogen) atoms. The first-order chi connectivity index (χ1) is 16.2. The van der Waals surface area contributed by atoms with Gasteiger partial charge in [0.1, 0.15) is 6.61 Å². The maximum Gasteiger partial charge on any atom is 0.330 e. The minimum absolute atomic E-state index is 0.00488. The molecule has 0 aliphatic carbocycles. The van der Waals surface area contributed by atoms with Crippen LogP contribution in [0.2, 0.25) is 0 Å². The lowest BCUT2D eigenvalue weighted by molar-refractivity contribution is 0.0522. The van der Waals surface area contributed by atoms with Gasteiger partial charge in [0.25, 0.3) is 11.5 Å². The number of benzene rings is 1. The highest BCUT2D eigenvalue weighted by Crippen LogP contribution is 2.31. The van der Waals surface area contributed by atoms with E-state index in [1.807, 2.05) is 52.0 Å². The predicted molar refractivity (Wildman–Crippen MR) is 129 cm³/mol. The molecule has 1 aromatic carbocycles. The number of likely N-dealkylation sites (N-methyl/N-ethyl adjacent to an activating group) is 1. The van der Waals surface area contributed by atoms with Crippen molar-refractivity contribution in [2.75, 3.05) is 20.2 Å². The first kappa shape index (κ1) is 23.5. The van der Waals surface area contributed by atoms with Gasteiger partial charge in [-0.15, -0.1) is 0 Å². The minimum Gasteiger partial charge on any atom is -0.486 e. The van der Waals surface area contributed by atoms with Gasteiger partial charge in [-0.3, -0.25) is 19.1 Å². The second-order valence-corrected chi connectivity index (χ2v) is 9.39. The van der Waals surface area contributed by atoms with Crippen LogP contribution in [0.4, 0.5) is 0 Å². The molecule has 1 amide bonds. The standard InChI is InChI=1S/C25H30N4O5/c1-14(2)11-29-22-21(23(30)27-25(29)32)17(10-18(26-22)15(3)4)24(31)28(5)12-16-13-33-19-8-6-7-9-20(19)34-16/h6-10,14-16H,11-13H2,1-5H3,(H,27,30,32). The lowest BCUT2D eigenvalue weighted by atomic mass is 10.0. The van der Waals surface area contributed by atoms with E-state index in [2.05, 4.69) is 9.97 Å². The van der Waals surface area contributed by atoms with Crippen LogP contribution in [0, 0.1) is 5.92 Å². The van der Waals surface area contributed by atoms with E-state index in [-0.39, 0.29) is 47.0 Å². The largest absolute Gasteiger partial charge is 0.486 e. The SMILES string of the molecule is CC(C)Cn1c(=O)[nH]c(=O)c2c(C(=O)N(C)CC3COc4ccccc4O3)cc(C(C)C)nc21. The van der Waals surface area contributed by atoms with Crippen molar-refractivity contribution in [1.82, 2.24) is 19.4 Å². The smallest absolute Gasteiger partial charge is 0.330 e. The first-order valence-electron chi connectivity index (χ1n) is 11.5. The van der Waals surface area contributed by atoms with Crippen LogP contribution in [-0.2, 0) is 6.54 Å². The highest BCUT2D eigenvalue weighted by atomic mass is 16.6. The van der Waals surface area contributed by atoms with Crippen molar-refractivity contribution in [3.63, 3.8) is 0 Å². The number of rotatable bonds is 6. The summed E-state index contributed by atoms with van der Waals surface area (Å²) in [6.45, 7) is 8.79. The normalized spacial score (nSPS) is 15.2. The Labute approximate surface area is 197 Å². The Morgan fingerprint density at radius 3 is 2.59 bits per heavy atom. The third-order valence-corrected chi connectivity index (χ3v) is 5.73. The summed E-state index contributed by atoms with van der Waals surface area (Å²) in [4.78, 5) is 47.5. The maximum atomic E-state index is 13.6. The topological polar surface area (TPSA) is 107 Å². The molecule has 0 spiro atoms. The summed E-state index contributed by atoms with van der Waals surface area (Å²) >= 11 is 0. The fourth-order valence-electron chi connectivity index (χ4n) is 4.04. The number of carbonyl (C=O) groups is 1. The number of aromatic amines is 1. The van der Waals surface area contributed by atoms with Crippen molar-refractivity contribution in [1.29, 1.82) is 0 Å². The number of nitrogens with zero attached hydrogens (tertiary/aromatic N) is 3. The summed E-state index contributed by atoms with van der Waals surface area (Å²) in [5, 5.41) is 0.118. The van der Waals surface area contributed by atoms with Gasteiger partial charge in [-0.1, -0.05) is 39.8 Å². The molecule has 1 unspecified atom stereocenters. The lowest BCUT2D eigenvalue weighted by Crippen LogP contribution is -2.42. The van der Waals surface area contributed by atoms with Crippen LogP contribution in [0.1, 0.15) is 49.7 Å². The molecule has 4 rings (SSSR count). The molecule has 3 aromatic rings. The third kappa shape index (κ3) is 4.55. The van der Waals surface area contributed by atoms with Crippen molar-refractivity contribution in [3.8, 4) is 11.5 Å². The van der Waals surface area contributed by atoms with E-state index in [1.54, 1.807) is 13.1 Å². The molecule has 0 saturated heterocycles. The van der Waals surface area contributed by atoms with E-state index in [0.717, 1.165) is 0 Å². The molecule has 2 aromatic heterocycles. The van der Waals surface area contributed by atoms with Crippen LogP contribution in [0.25, 0.3) is 11.0 Å². The average molecular weight is 467 g/mol. The number of ether oxygens (including phenoxy) is 2. The molecular formula is C25H30N4O5. The number of para-hydroxylation sites is 2. The van der Waals surface area contributed by atoms with E-state index in [1.165, 1.54) is 9.47 Å². The summed E-state index contributed by atoms with van der Waals surface area (Å²) in [7, 11) is 1.66. The van der Waals surface area contributed by atoms with Gasteiger partial charge in [0.2, 0.25) is 0 Å². The van der Waals surface area contributed by atoms with Gasteiger partial charge >= 0.3 is 5.69 Å². The Balaban J connectivity index is 1.73. The number of amides is 1. The lowest BCUT2D eigenvalue weighted by Gasteiger charge is -2.29. The zero-order valence-corrected chi connectivity index (χ0v) is 20.1. The van der Waals surface area contributed by atoms with Gasteiger partial charge in [-0.2, -0.15) is 0 Å². The van der Waals surface area contributed by atoms with Crippen molar-refractivity contribution >= 4 is 16.9 Å². The van der Waals surface area contributed by atoms with Gasteiger partial charge in [-0.25, -0.2) is 9.78 Å². The van der Waals surface area contributed by atoms with Crippen LogP contribution in [0.15, 0.2) is 39.9 Å². The van der Waals surface area contributed by atoms with Gasteiger partial charge in [-0.05, 0) is 30.0 Å². The van der Waals surface area contributed by atoms with Gasteiger partial charge < -0.3 is 14.4 Å². The Morgan fingerprint density at radius 2 is 1.91 bits per heavy atom. The molecule has 1 N–H and O–H groups in total. The van der Waals surface area contributed by atoms with Crippen molar-refractivity contribution in [3.05, 3.63) is 62.4 Å². The van der Waals surface area contributed by atoms with Crippen LogP contribution in [0.5, 0.6) is 11.5 Å². The van der Waals surface area contributed by atoms with Crippen LogP contribution >= 0.6 is 0 Å². The van der Waals surface area contributed by atoms with E-state index in [4.69, 9.17) is 9.47 Å². The minimum atomic E-state index is -0.620. The molecular weight excluding hydrogens is 436 g/mol. The fraction of sp³-hybridized carbons (Fsp3) is 0.440. The zero-order valence-electron chi connectivity index (χ0n) is 20.1. The fourth-order valence-corrected chi connectivity index (χ4v) is 4.04. The van der Waals surface area contributed by atoms with Crippen LogP contribution in [-0.4, -0.2) is 51.6 Å². The van der Waals surface area contributed by atoms with E-state index in [9.17, 15) is 14.4 Å². The van der Waals surface area contributed by atoms with Gasteiger partial charge in [0.15, 0.2) is 23.3 Å². The Hall–Kier alpha value is -3.62. The Bertz CT molecular complexity index is 1340. The molecule has 0 fully saturated rings. The monoisotopic (exact) mass is 466 g/mol. The molecule has 1 atom stereocenters. The summed E-state index contributed by atoms with van der Waals surface area (Å²) in [6.07, 6.45) is -0.362. The number of aromatic nitrogens is 3. The number of pyridine rings is 1. The molecule has 9 heteroatoms. The van der Waals surface area contributed by atoms with Gasteiger partial charge in [0.05, 0.1) is 17.5 Å². The molecule has 9 nitrogen and oxygen atoms in total. The number of nitrogens with one attached hydrogen (secondary N) is 1. The summed E-state index contributed by atoms with van der Waals surface area (Å²) in [6, 6.07) is 9.04. The Morgan fingerprint density at radius 1 is 1.21 bits per heavy atom. The van der Waals surface area contributed by atoms with Crippen molar-refractivity contribution in [2.24, 2.45) is 5.92 Å². The molecule has 0 radical (unpaired) electrons. The van der Waals surface area contributed by atoms with Gasteiger partial charge in [0, 0.05) is 19.3 Å². The third-order valence-electron chi connectivity index (χ3n) is 5.73. The maximum absolute atomic E-state index is 13.6. The average Bonchev–Trinajstić information content (AvgIpc) is 2.80. The molecule has 0 bridgehead atoms. The number of hydrogen-bond donors (Lipinski definition) is 1. The number of fused-ring (bicyclic) bond motifs is 2. The highest BCUT2D eigenvalue weighted by Gasteiger charge is 2.27. The molecule has 1 aliphatic rings. The second-order valence-electron chi connectivity index (χ2n) is 9.39. The summed E-state index contributed by atoms with van der Waals surface area (Å²) < 4.78 is 13.2. The number of hydrogen-bond acceptors (Lipinski definition) is 6. The van der Waals surface area contributed by atoms with E-state index >= 15 is 0 Å². The summed E-state index contributed by atoms with van der Waals surface area (Å²) in [5.41, 5.74) is -0.0647. The van der Waals surface area contributed by atoms with Crippen molar-refractivity contribution in [2.45, 2.75) is 46.3 Å². The second kappa shape index (κ2) is 9.32. The zero-order chi connectivity index (χ0) is 24.6. The Kier molecular flexibility index (Phi) is 6.45. The molecule has 180 valence electrons. The van der Waals surface area contributed by atoms with Crippen molar-refractivity contribution < 1.29 is 14.3 Å². The highest BCUT2D eigenvalue weighted by molar-refractivity contribution is 6.05. The van der Waals surface area contributed by atoms with Crippen LogP contribution < -0.4 is 20.7 Å². The summed E-state index contributed by atoms with van der Waals surface area (Å²) in [5.74, 6) is 1.09. The molecule has 1 aliphatic heterocycles. The van der Waals surface area contributed by atoms with E-state index in [0.29, 0.717) is 30.3 Å². The number of carbonyl (C=O) groups excluding carboxylic acids is 1. The molecule has 0 saturated carbocycles.